The predicted molar refractivity (Wildman–Crippen MR) is 122 cm³/mol. The summed E-state index contributed by atoms with van der Waals surface area (Å²) in [4.78, 5) is 4.21. The standard InChI is InChI=1S/C21H21FN6.HI/c1-15(17-5-3-6-19(12-17)28-10-4-9-26-28)27-21(24-2)25-14-18-8-7-16(13-23)11-20(18)22;/h3-12,15H,14H2,1-2H3,(H2,24,25,27);1H. The lowest BCUT2D eigenvalue weighted by atomic mass is 10.1. The molecule has 1 atom stereocenters. The number of guanidine groups is 1. The second kappa shape index (κ2) is 10.6. The molecule has 150 valence electrons. The summed E-state index contributed by atoms with van der Waals surface area (Å²) in [7, 11) is 1.66. The summed E-state index contributed by atoms with van der Waals surface area (Å²) in [5.74, 6) is 0.141. The van der Waals surface area contributed by atoms with Crippen LogP contribution >= 0.6 is 24.0 Å². The summed E-state index contributed by atoms with van der Waals surface area (Å²) >= 11 is 0. The molecular formula is C21H22FIN6. The van der Waals surface area contributed by atoms with Crippen LogP contribution in [-0.4, -0.2) is 22.8 Å². The fourth-order valence-corrected chi connectivity index (χ4v) is 2.78. The number of nitriles is 1. The van der Waals surface area contributed by atoms with Gasteiger partial charge in [-0.3, -0.25) is 4.99 Å². The van der Waals surface area contributed by atoms with Gasteiger partial charge < -0.3 is 10.6 Å². The van der Waals surface area contributed by atoms with Crippen molar-refractivity contribution < 1.29 is 4.39 Å². The van der Waals surface area contributed by atoms with Crippen LogP contribution in [0.5, 0.6) is 0 Å². The quantitative estimate of drug-likeness (QED) is 0.314. The molecular weight excluding hydrogens is 482 g/mol. The molecule has 2 aromatic carbocycles. The van der Waals surface area contributed by atoms with E-state index in [1.807, 2.05) is 43.5 Å². The number of benzene rings is 2. The van der Waals surface area contributed by atoms with Gasteiger partial charge in [0.25, 0.3) is 0 Å². The zero-order valence-corrected chi connectivity index (χ0v) is 18.5. The van der Waals surface area contributed by atoms with Crippen molar-refractivity contribution in [3.63, 3.8) is 0 Å². The first kappa shape index (κ1) is 22.4. The highest BCUT2D eigenvalue weighted by atomic mass is 127. The molecule has 8 heteroatoms. The minimum atomic E-state index is -0.415. The Labute approximate surface area is 186 Å². The largest absolute Gasteiger partial charge is 0.352 e. The number of rotatable bonds is 5. The molecule has 0 saturated carbocycles. The Bertz CT molecular complexity index is 1010. The first-order valence-corrected chi connectivity index (χ1v) is 8.86. The summed E-state index contributed by atoms with van der Waals surface area (Å²) in [6, 6.07) is 16.3. The molecule has 0 saturated heterocycles. The number of nitrogens with one attached hydrogen (secondary N) is 2. The second-order valence-electron chi connectivity index (χ2n) is 6.26. The van der Waals surface area contributed by atoms with Gasteiger partial charge in [0.15, 0.2) is 5.96 Å². The van der Waals surface area contributed by atoms with Crippen LogP contribution in [0.4, 0.5) is 4.39 Å². The zero-order chi connectivity index (χ0) is 19.9. The van der Waals surface area contributed by atoms with Crippen LogP contribution in [0.15, 0.2) is 65.9 Å². The van der Waals surface area contributed by atoms with Crippen molar-refractivity contribution in [1.82, 2.24) is 20.4 Å². The molecule has 0 bridgehead atoms. The molecule has 1 unspecified atom stereocenters. The Balaban J connectivity index is 0.00000300. The summed E-state index contributed by atoms with van der Waals surface area (Å²) in [5.41, 5.74) is 2.81. The van der Waals surface area contributed by atoms with Crippen LogP contribution in [0.3, 0.4) is 0 Å². The van der Waals surface area contributed by atoms with Gasteiger partial charge in [0, 0.05) is 31.5 Å². The monoisotopic (exact) mass is 504 g/mol. The molecule has 6 nitrogen and oxygen atoms in total. The van der Waals surface area contributed by atoms with E-state index in [1.165, 1.54) is 6.07 Å². The number of halogens is 2. The zero-order valence-electron chi connectivity index (χ0n) is 16.1. The molecule has 0 aliphatic rings. The smallest absolute Gasteiger partial charge is 0.191 e. The molecule has 0 fully saturated rings. The molecule has 3 rings (SSSR count). The maximum atomic E-state index is 14.0. The van der Waals surface area contributed by atoms with Gasteiger partial charge in [-0.2, -0.15) is 10.4 Å². The molecule has 0 spiro atoms. The number of hydrogen-bond donors (Lipinski definition) is 2. The van der Waals surface area contributed by atoms with Gasteiger partial charge in [-0.1, -0.05) is 18.2 Å². The van der Waals surface area contributed by atoms with Crippen molar-refractivity contribution in [3.8, 4) is 11.8 Å². The Morgan fingerprint density at radius 2 is 2.10 bits per heavy atom. The van der Waals surface area contributed by atoms with E-state index in [0.717, 1.165) is 11.3 Å². The van der Waals surface area contributed by atoms with E-state index in [4.69, 9.17) is 5.26 Å². The Hall–Kier alpha value is -2.93. The van der Waals surface area contributed by atoms with Crippen LogP contribution in [0.1, 0.15) is 29.7 Å². The predicted octanol–water partition coefficient (Wildman–Crippen LogP) is 3.93. The summed E-state index contributed by atoms with van der Waals surface area (Å²) in [6.07, 6.45) is 3.63. The molecule has 0 amide bonds. The van der Waals surface area contributed by atoms with Gasteiger partial charge in [-0.25, -0.2) is 9.07 Å². The van der Waals surface area contributed by atoms with Crippen LogP contribution in [0, 0.1) is 17.1 Å². The van der Waals surface area contributed by atoms with Crippen molar-refractivity contribution >= 4 is 29.9 Å². The third kappa shape index (κ3) is 5.77. The maximum Gasteiger partial charge on any atom is 0.191 e. The molecule has 2 N–H and O–H groups in total. The topological polar surface area (TPSA) is 78.0 Å². The molecule has 29 heavy (non-hydrogen) atoms. The Morgan fingerprint density at radius 1 is 1.28 bits per heavy atom. The summed E-state index contributed by atoms with van der Waals surface area (Å²) in [6.45, 7) is 2.29. The molecule has 1 heterocycles. The van der Waals surface area contributed by atoms with Gasteiger partial charge >= 0.3 is 0 Å². The van der Waals surface area contributed by atoms with Gasteiger partial charge in [0.2, 0.25) is 0 Å². The van der Waals surface area contributed by atoms with Crippen LogP contribution in [0.25, 0.3) is 5.69 Å². The highest BCUT2D eigenvalue weighted by Gasteiger charge is 2.10. The molecule has 3 aromatic rings. The van der Waals surface area contributed by atoms with E-state index >= 15 is 0 Å². The Morgan fingerprint density at radius 3 is 2.76 bits per heavy atom. The summed E-state index contributed by atoms with van der Waals surface area (Å²) < 4.78 is 15.8. The first-order chi connectivity index (χ1) is 13.6. The molecule has 0 radical (unpaired) electrons. The van der Waals surface area contributed by atoms with E-state index in [1.54, 1.807) is 30.1 Å². The van der Waals surface area contributed by atoms with Crippen molar-refractivity contribution in [2.45, 2.75) is 19.5 Å². The molecule has 1 aromatic heterocycles. The van der Waals surface area contributed by atoms with E-state index < -0.39 is 5.82 Å². The fourth-order valence-electron chi connectivity index (χ4n) is 2.78. The van der Waals surface area contributed by atoms with Crippen LogP contribution < -0.4 is 10.6 Å². The molecule has 0 aliphatic carbocycles. The highest BCUT2D eigenvalue weighted by molar-refractivity contribution is 14.0. The van der Waals surface area contributed by atoms with Crippen molar-refractivity contribution in [1.29, 1.82) is 5.26 Å². The lowest BCUT2D eigenvalue weighted by Gasteiger charge is -2.19. The minimum absolute atomic E-state index is 0. The second-order valence-corrected chi connectivity index (χ2v) is 6.26. The first-order valence-electron chi connectivity index (χ1n) is 8.86. The van der Waals surface area contributed by atoms with Crippen LogP contribution in [0.2, 0.25) is 0 Å². The third-order valence-corrected chi connectivity index (χ3v) is 4.34. The van der Waals surface area contributed by atoms with E-state index in [-0.39, 0.29) is 36.6 Å². The van der Waals surface area contributed by atoms with Gasteiger partial charge in [-0.05, 0) is 42.8 Å². The lowest BCUT2D eigenvalue weighted by Crippen LogP contribution is -2.38. The average Bonchev–Trinajstić information content (AvgIpc) is 3.26. The van der Waals surface area contributed by atoms with Gasteiger partial charge in [-0.15, -0.1) is 24.0 Å². The minimum Gasteiger partial charge on any atom is -0.352 e. The molecule has 0 aliphatic heterocycles. The normalized spacial score (nSPS) is 11.9. The highest BCUT2D eigenvalue weighted by Crippen LogP contribution is 2.16. The van der Waals surface area contributed by atoms with Crippen molar-refractivity contribution in [2.75, 3.05) is 7.05 Å². The fraction of sp³-hybridized carbons (Fsp3) is 0.190. The van der Waals surface area contributed by atoms with Gasteiger partial charge in [0.1, 0.15) is 5.82 Å². The number of aliphatic imine (C=N–C) groups is 1. The maximum absolute atomic E-state index is 14.0. The third-order valence-electron chi connectivity index (χ3n) is 4.34. The number of nitrogens with zero attached hydrogens (tertiary/aromatic N) is 4. The van der Waals surface area contributed by atoms with E-state index in [2.05, 4.69) is 26.8 Å². The van der Waals surface area contributed by atoms with E-state index in [9.17, 15) is 4.39 Å². The SMILES string of the molecule is CN=C(NCc1ccc(C#N)cc1F)NC(C)c1cccc(-n2cccn2)c1.I. The van der Waals surface area contributed by atoms with Crippen molar-refractivity contribution in [2.24, 2.45) is 4.99 Å². The number of aromatic nitrogens is 2. The van der Waals surface area contributed by atoms with Crippen molar-refractivity contribution in [3.05, 3.63) is 83.4 Å². The van der Waals surface area contributed by atoms with Crippen LogP contribution in [-0.2, 0) is 6.54 Å². The average molecular weight is 504 g/mol. The van der Waals surface area contributed by atoms with E-state index in [0.29, 0.717) is 17.1 Å². The van der Waals surface area contributed by atoms with Gasteiger partial charge in [0.05, 0.1) is 23.4 Å². The lowest BCUT2D eigenvalue weighted by molar-refractivity contribution is 0.602. The number of hydrogen-bond acceptors (Lipinski definition) is 3. The summed E-state index contributed by atoms with van der Waals surface area (Å²) in [5, 5.41) is 19.5. The Kier molecular flexibility index (Phi) is 8.15.